The lowest BCUT2D eigenvalue weighted by atomic mass is 9.86. The van der Waals surface area contributed by atoms with Crippen molar-refractivity contribution in [2.45, 2.75) is 44.8 Å². The maximum Gasteiger partial charge on any atom is 0.0720 e. The van der Waals surface area contributed by atoms with Crippen LogP contribution in [0.2, 0.25) is 0 Å². The van der Waals surface area contributed by atoms with E-state index in [-0.39, 0.29) is 0 Å². The topological polar surface area (TPSA) is 33.0 Å². The highest BCUT2D eigenvalue weighted by molar-refractivity contribution is 5.13. The van der Waals surface area contributed by atoms with Crippen LogP contribution in [0.4, 0.5) is 0 Å². The zero-order valence-electron chi connectivity index (χ0n) is 10.1. The van der Waals surface area contributed by atoms with Gasteiger partial charge in [-0.15, -0.1) is 0 Å². The molecule has 0 bridgehead atoms. The monoisotopic (exact) mass is 229 g/mol. The number of ether oxygens (including phenoxy) is 1. The molecule has 17 heavy (non-hydrogen) atoms. The molecule has 0 amide bonds. The summed E-state index contributed by atoms with van der Waals surface area (Å²) in [5.74, 6) is 0.608. The maximum absolute atomic E-state index is 8.66. The highest BCUT2D eigenvalue weighted by atomic mass is 16.5. The van der Waals surface area contributed by atoms with E-state index < -0.39 is 0 Å². The van der Waals surface area contributed by atoms with E-state index in [2.05, 4.69) is 18.2 Å². The van der Waals surface area contributed by atoms with E-state index >= 15 is 0 Å². The third-order valence-electron chi connectivity index (χ3n) is 3.50. The van der Waals surface area contributed by atoms with Gasteiger partial charge < -0.3 is 4.74 Å². The smallest absolute Gasteiger partial charge is 0.0720 e. The summed E-state index contributed by atoms with van der Waals surface area (Å²) in [6, 6.07) is 12.6. The van der Waals surface area contributed by atoms with Gasteiger partial charge >= 0.3 is 0 Å². The van der Waals surface area contributed by atoms with Crippen molar-refractivity contribution in [3.8, 4) is 6.07 Å². The highest BCUT2D eigenvalue weighted by Crippen LogP contribution is 2.28. The molecule has 2 nitrogen and oxygen atoms in total. The molecule has 1 aromatic rings. The average Bonchev–Trinajstić information content (AvgIpc) is 2.40. The van der Waals surface area contributed by atoms with E-state index in [1.54, 1.807) is 0 Å². The molecule has 0 radical (unpaired) electrons. The predicted octanol–water partition coefficient (Wildman–Crippen LogP) is 3.68. The molecule has 0 N–H and O–H groups in total. The second-order valence-corrected chi connectivity index (χ2v) is 4.80. The Bertz CT molecular complexity index is 360. The minimum Gasteiger partial charge on any atom is -0.374 e. The van der Waals surface area contributed by atoms with Gasteiger partial charge in [0.2, 0.25) is 0 Å². The Morgan fingerprint density at radius 2 is 1.82 bits per heavy atom. The minimum absolute atomic E-state index is 0.394. The van der Waals surface area contributed by atoms with Crippen LogP contribution in [0.1, 0.15) is 37.7 Å². The van der Waals surface area contributed by atoms with Crippen molar-refractivity contribution in [3.05, 3.63) is 35.9 Å². The SMILES string of the molecule is N#CCC1CCC(OCc2ccccc2)CC1. The van der Waals surface area contributed by atoms with Gasteiger partial charge in [0.15, 0.2) is 0 Å². The van der Waals surface area contributed by atoms with Gasteiger partial charge in [0, 0.05) is 6.42 Å². The van der Waals surface area contributed by atoms with E-state index in [0.717, 1.165) is 25.7 Å². The van der Waals surface area contributed by atoms with Crippen LogP contribution in [0.5, 0.6) is 0 Å². The first-order valence-electron chi connectivity index (χ1n) is 6.41. The molecule has 0 aromatic heterocycles. The summed E-state index contributed by atoms with van der Waals surface area (Å²) in [7, 11) is 0. The zero-order valence-corrected chi connectivity index (χ0v) is 10.1. The Labute approximate surface area is 103 Å². The van der Waals surface area contributed by atoms with Gasteiger partial charge in [-0.05, 0) is 37.2 Å². The minimum atomic E-state index is 0.394. The van der Waals surface area contributed by atoms with Crippen molar-refractivity contribution in [1.29, 1.82) is 5.26 Å². The normalized spacial score (nSPS) is 24.2. The molecule has 1 aromatic carbocycles. The van der Waals surface area contributed by atoms with Crippen molar-refractivity contribution < 1.29 is 4.74 Å². The summed E-state index contributed by atoms with van der Waals surface area (Å²) in [6.45, 7) is 0.717. The predicted molar refractivity (Wildman–Crippen MR) is 67.2 cm³/mol. The fourth-order valence-corrected chi connectivity index (χ4v) is 2.42. The first-order valence-corrected chi connectivity index (χ1v) is 6.41. The molecule has 0 atom stereocenters. The Morgan fingerprint density at radius 3 is 2.47 bits per heavy atom. The van der Waals surface area contributed by atoms with Crippen LogP contribution in [-0.2, 0) is 11.3 Å². The molecule has 1 aliphatic rings. The molecule has 2 heteroatoms. The fraction of sp³-hybridized carbons (Fsp3) is 0.533. The van der Waals surface area contributed by atoms with Gasteiger partial charge in [-0.2, -0.15) is 5.26 Å². The summed E-state index contributed by atoms with van der Waals surface area (Å²) in [6.07, 6.45) is 5.62. The zero-order chi connectivity index (χ0) is 11.9. The number of nitriles is 1. The first kappa shape index (κ1) is 12.1. The molecular formula is C15H19NO. The Balaban J connectivity index is 1.70. The molecule has 0 heterocycles. The van der Waals surface area contributed by atoms with E-state index in [9.17, 15) is 0 Å². The van der Waals surface area contributed by atoms with Crippen molar-refractivity contribution in [2.75, 3.05) is 0 Å². The van der Waals surface area contributed by atoms with Crippen LogP contribution >= 0.6 is 0 Å². The largest absolute Gasteiger partial charge is 0.374 e. The summed E-state index contributed by atoms with van der Waals surface area (Å²) in [5.41, 5.74) is 1.24. The maximum atomic E-state index is 8.66. The van der Waals surface area contributed by atoms with E-state index in [0.29, 0.717) is 25.0 Å². The van der Waals surface area contributed by atoms with Gasteiger partial charge in [0.25, 0.3) is 0 Å². The Kier molecular flexibility index (Phi) is 4.58. The lowest BCUT2D eigenvalue weighted by molar-refractivity contribution is 0.00755. The molecule has 1 fully saturated rings. The van der Waals surface area contributed by atoms with Gasteiger partial charge in [-0.1, -0.05) is 30.3 Å². The Hall–Kier alpha value is -1.33. The summed E-state index contributed by atoms with van der Waals surface area (Å²) in [4.78, 5) is 0. The van der Waals surface area contributed by atoms with Crippen LogP contribution in [0, 0.1) is 17.2 Å². The molecule has 0 unspecified atom stereocenters. The fourth-order valence-electron chi connectivity index (χ4n) is 2.42. The van der Waals surface area contributed by atoms with Crippen LogP contribution in [-0.4, -0.2) is 6.10 Å². The van der Waals surface area contributed by atoms with E-state index in [1.807, 2.05) is 18.2 Å². The highest BCUT2D eigenvalue weighted by Gasteiger charge is 2.21. The van der Waals surface area contributed by atoms with Crippen molar-refractivity contribution in [2.24, 2.45) is 5.92 Å². The second-order valence-electron chi connectivity index (χ2n) is 4.80. The number of rotatable bonds is 4. The molecule has 0 saturated heterocycles. The van der Waals surface area contributed by atoms with E-state index in [4.69, 9.17) is 10.00 Å². The van der Waals surface area contributed by atoms with Crippen molar-refractivity contribution >= 4 is 0 Å². The summed E-state index contributed by atoms with van der Waals surface area (Å²) in [5, 5.41) is 8.66. The molecule has 2 rings (SSSR count). The molecular weight excluding hydrogens is 210 g/mol. The quantitative estimate of drug-likeness (QED) is 0.789. The lowest BCUT2D eigenvalue weighted by Crippen LogP contribution is -2.21. The van der Waals surface area contributed by atoms with Gasteiger partial charge in [-0.25, -0.2) is 0 Å². The third-order valence-corrected chi connectivity index (χ3v) is 3.50. The summed E-state index contributed by atoms with van der Waals surface area (Å²) >= 11 is 0. The number of hydrogen-bond donors (Lipinski definition) is 0. The van der Waals surface area contributed by atoms with Crippen molar-refractivity contribution in [3.63, 3.8) is 0 Å². The van der Waals surface area contributed by atoms with Crippen LogP contribution < -0.4 is 0 Å². The summed E-state index contributed by atoms with van der Waals surface area (Å²) < 4.78 is 5.91. The Morgan fingerprint density at radius 1 is 1.12 bits per heavy atom. The number of nitrogens with zero attached hydrogens (tertiary/aromatic N) is 1. The van der Waals surface area contributed by atoms with Crippen LogP contribution in [0.3, 0.4) is 0 Å². The molecule has 0 aliphatic heterocycles. The number of hydrogen-bond acceptors (Lipinski definition) is 2. The second kappa shape index (κ2) is 6.42. The van der Waals surface area contributed by atoms with Crippen LogP contribution in [0.25, 0.3) is 0 Å². The molecule has 1 saturated carbocycles. The molecule has 90 valence electrons. The van der Waals surface area contributed by atoms with Gasteiger partial charge in [-0.3, -0.25) is 0 Å². The molecule has 1 aliphatic carbocycles. The van der Waals surface area contributed by atoms with Gasteiger partial charge in [0.05, 0.1) is 18.8 Å². The lowest BCUT2D eigenvalue weighted by Gasteiger charge is -2.27. The average molecular weight is 229 g/mol. The third kappa shape index (κ3) is 3.87. The standard InChI is InChI=1S/C15H19NO/c16-11-10-13-6-8-15(9-7-13)17-12-14-4-2-1-3-5-14/h1-5,13,15H,6-10,12H2. The molecule has 0 spiro atoms. The first-order chi connectivity index (χ1) is 8.38. The van der Waals surface area contributed by atoms with E-state index in [1.165, 1.54) is 5.56 Å². The van der Waals surface area contributed by atoms with Crippen molar-refractivity contribution in [1.82, 2.24) is 0 Å². The van der Waals surface area contributed by atoms with Crippen LogP contribution in [0.15, 0.2) is 30.3 Å². The van der Waals surface area contributed by atoms with Gasteiger partial charge in [0.1, 0.15) is 0 Å². The number of benzene rings is 1.